The van der Waals surface area contributed by atoms with E-state index in [0.717, 1.165) is 37.6 Å². The highest BCUT2D eigenvalue weighted by atomic mass is 16.5. The van der Waals surface area contributed by atoms with Gasteiger partial charge >= 0.3 is 0 Å². The van der Waals surface area contributed by atoms with Gasteiger partial charge in [-0.1, -0.05) is 13.8 Å². The Morgan fingerprint density at radius 1 is 1.33 bits per heavy atom. The second-order valence-corrected chi connectivity index (χ2v) is 7.12. The van der Waals surface area contributed by atoms with Crippen LogP contribution in [-0.4, -0.2) is 48.8 Å². The summed E-state index contributed by atoms with van der Waals surface area (Å²) >= 11 is 0. The van der Waals surface area contributed by atoms with E-state index in [1.165, 1.54) is 25.8 Å². The van der Waals surface area contributed by atoms with Crippen molar-refractivity contribution in [3.8, 4) is 0 Å². The van der Waals surface area contributed by atoms with Gasteiger partial charge in [0.2, 0.25) is 0 Å². The van der Waals surface area contributed by atoms with E-state index >= 15 is 0 Å². The molecule has 3 rings (SSSR count). The van der Waals surface area contributed by atoms with E-state index in [-0.39, 0.29) is 5.54 Å². The van der Waals surface area contributed by atoms with Crippen molar-refractivity contribution < 1.29 is 4.74 Å². The molecule has 0 radical (unpaired) electrons. The fourth-order valence-corrected chi connectivity index (χ4v) is 3.71. The van der Waals surface area contributed by atoms with Crippen molar-refractivity contribution in [2.45, 2.75) is 57.7 Å². The van der Waals surface area contributed by atoms with E-state index in [2.05, 4.69) is 31.0 Å². The molecule has 3 heteroatoms. The Kier molecular flexibility index (Phi) is 3.41. The van der Waals surface area contributed by atoms with Gasteiger partial charge in [-0.15, -0.1) is 0 Å². The highest BCUT2D eigenvalue weighted by Gasteiger charge is 2.46. The minimum atomic E-state index is 0.282. The predicted octanol–water partition coefficient (Wildman–Crippen LogP) is 1.87. The van der Waals surface area contributed by atoms with E-state index in [4.69, 9.17) is 4.74 Å². The second kappa shape index (κ2) is 4.77. The van der Waals surface area contributed by atoms with E-state index < -0.39 is 0 Å². The zero-order valence-electron chi connectivity index (χ0n) is 12.1. The molecule has 0 bridgehead atoms. The van der Waals surface area contributed by atoms with E-state index in [1.54, 1.807) is 0 Å². The Labute approximate surface area is 111 Å². The van der Waals surface area contributed by atoms with Gasteiger partial charge < -0.3 is 10.1 Å². The molecule has 3 fully saturated rings. The van der Waals surface area contributed by atoms with Gasteiger partial charge in [0, 0.05) is 37.3 Å². The highest BCUT2D eigenvalue weighted by Crippen LogP contribution is 2.38. The molecule has 1 N–H and O–H groups in total. The first-order chi connectivity index (χ1) is 8.60. The minimum Gasteiger partial charge on any atom is -0.379 e. The number of hydrogen-bond acceptors (Lipinski definition) is 3. The smallest absolute Gasteiger partial charge is 0.0648 e. The molecule has 3 atom stereocenters. The van der Waals surface area contributed by atoms with Gasteiger partial charge in [-0.25, -0.2) is 0 Å². The number of ether oxygens (including phenoxy) is 1. The van der Waals surface area contributed by atoms with Crippen LogP contribution in [0.2, 0.25) is 0 Å². The fraction of sp³-hybridized carbons (Fsp3) is 1.00. The number of piperazine rings is 1. The molecule has 3 unspecified atom stereocenters. The largest absolute Gasteiger partial charge is 0.379 e. The van der Waals surface area contributed by atoms with Crippen LogP contribution in [0, 0.1) is 11.8 Å². The van der Waals surface area contributed by atoms with Crippen molar-refractivity contribution in [3.63, 3.8) is 0 Å². The van der Waals surface area contributed by atoms with Crippen molar-refractivity contribution in [1.29, 1.82) is 0 Å². The third-order valence-electron chi connectivity index (χ3n) is 5.23. The van der Waals surface area contributed by atoms with Crippen molar-refractivity contribution in [2.75, 3.05) is 26.3 Å². The molecular weight excluding hydrogens is 224 g/mol. The average Bonchev–Trinajstić information content (AvgIpc) is 3.11. The summed E-state index contributed by atoms with van der Waals surface area (Å²) < 4.78 is 5.69. The SMILES string of the molecule is CC(C)C1CNC(C2CC2)CN1C1(C)CCOC1. The van der Waals surface area contributed by atoms with Gasteiger partial charge in [0.1, 0.15) is 0 Å². The Morgan fingerprint density at radius 3 is 2.67 bits per heavy atom. The number of nitrogens with zero attached hydrogens (tertiary/aromatic N) is 1. The molecule has 1 aliphatic carbocycles. The van der Waals surface area contributed by atoms with Gasteiger partial charge in [-0.3, -0.25) is 4.90 Å². The third-order valence-corrected chi connectivity index (χ3v) is 5.23. The van der Waals surface area contributed by atoms with Crippen LogP contribution in [0.1, 0.15) is 40.0 Å². The topological polar surface area (TPSA) is 24.5 Å². The molecule has 1 saturated carbocycles. The van der Waals surface area contributed by atoms with E-state index in [1.807, 2.05) is 0 Å². The third kappa shape index (κ3) is 2.33. The quantitative estimate of drug-likeness (QED) is 0.830. The van der Waals surface area contributed by atoms with Crippen LogP contribution < -0.4 is 5.32 Å². The van der Waals surface area contributed by atoms with Crippen molar-refractivity contribution in [2.24, 2.45) is 11.8 Å². The number of nitrogens with one attached hydrogen (secondary N) is 1. The normalized spacial score (nSPS) is 42.7. The molecule has 2 saturated heterocycles. The summed E-state index contributed by atoms with van der Waals surface area (Å²) in [4.78, 5) is 2.78. The molecule has 3 aliphatic rings. The molecule has 18 heavy (non-hydrogen) atoms. The standard InChI is InChI=1S/C15H28N2O/c1-11(2)14-8-16-13(12-4-5-12)9-17(14)15(3)6-7-18-10-15/h11-14,16H,4-10H2,1-3H3. The second-order valence-electron chi connectivity index (χ2n) is 7.12. The average molecular weight is 252 g/mol. The summed E-state index contributed by atoms with van der Waals surface area (Å²) in [7, 11) is 0. The van der Waals surface area contributed by atoms with E-state index in [0.29, 0.717) is 6.04 Å². The summed E-state index contributed by atoms with van der Waals surface area (Å²) in [6, 6.07) is 1.41. The predicted molar refractivity (Wildman–Crippen MR) is 73.7 cm³/mol. The summed E-state index contributed by atoms with van der Waals surface area (Å²) in [5.74, 6) is 1.67. The summed E-state index contributed by atoms with van der Waals surface area (Å²) in [6.07, 6.45) is 4.07. The monoisotopic (exact) mass is 252 g/mol. The number of hydrogen-bond donors (Lipinski definition) is 1. The van der Waals surface area contributed by atoms with E-state index in [9.17, 15) is 0 Å². The molecule has 0 aromatic rings. The Hall–Kier alpha value is -0.120. The Morgan fingerprint density at radius 2 is 2.11 bits per heavy atom. The maximum atomic E-state index is 5.69. The van der Waals surface area contributed by atoms with Crippen LogP contribution in [0.15, 0.2) is 0 Å². The van der Waals surface area contributed by atoms with Crippen LogP contribution in [0.3, 0.4) is 0 Å². The molecule has 0 aromatic heterocycles. The maximum Gasteiger partial charge on any atom is 0.0648 e. The molecule has 0 spiro atoms. The van der Waals surface area contributed by atoms with Crippen LogP contribution in [0.4, 0.5) is 0 Å². The first-order valence-electron chi connectivity index (χ1n) is 7.68. The lowest BCUT2D eigenvalue weighted by molar-refractivity contribution is -0.00804. The van der Waals surface area contributed by atoms with Crippen molar-refractivity contribution in [1.82, 2.24) is 10.2 Å². The van der Waals surface area contributed by atoms with Crippen molar-refractivity contribution >= 4 is 0 Å². The van der Waals surface area contributed by atoms with Crippen LogP contribution >= 0.6 is 0 Å². The van der Waals surface area contributed by atoms with Crippen LogP contribution in [0.5, 0.6) is 0 Å². The van der Waals surface area contributed by atoms with Crippen molar-refractivity contribution in [3.05, 3.63) is 0 Å². The van der Waals surface area contributed by atoms with Gasteiger partial charge in [0.15, 0.2) is 0 Å². The lowest BCUT2D eigenvalue weighted by atomic mass is 9.88. The van der Waals surface area contributed by atoms with Crippen LogP contribution in [0.25, 0.3) is 0 Å². The van der Waals surface area contributed by atoms with Gasteiger partial charge in [0.05, 0.1) is 6.61 Å². The molecule has 3 nitrogen and oxygen atoms in total. The summed E-state index contributed by atoms with van der Waals surface area (Å²) in [6.45, 7) is 11.4. The molecule has 2 aliphatic heterocycles. The molecule has 104 valence electrons. The molecule has 0 amide bonds. The first-order valence-corrected chi connectivity index (χ1v) is 7.68. The maximum absolute atomic E-state index is 5.69. The Bertz CT molecular complexity index is 295. The first kappa shape index (κ1) is 12.9. The molecular formula is C15H28N2O. The lowest BCUT2D eigenvalue weighted by Crippen LogP contribution is -2.65. The van der Waals surface area contributed by atoms with Crippen LogP contribution in [-0.2, 0) is 4.74 Å². The zero-order chi connectivity index (χ0) is 12.8. The van der Waals surface area contributed by atoms with Gasteiger partial charge in [0.25, 0.3) is 0 Å². The lowest BCUT2D eigenvalue weighted by Gasteiger charge is -2.50. The highest BCUT2D eigenvalue weighted by molar-refractivity contribution is 5.02. The fourth-order valence-electron chi connectivity index (χ4n) is 3.71. The molecule has 0 aromatic carbocycles. The zero-order valence-corrected chi connectivity index (χ0v) is 12.1. The van der Waals surface area contributed by atoms with Gasteiger partial charge in [-0.05, 0) is 38.0 Å². The summed E-state index contributed by atoms with van der Waals surface area (Å²) in [5, 5.41) is 3.80. The minimum absolute atomic E-state index is 0.282. The number of rotatable bonds is 3. The Balaban J connectivity index is 1.75. The summed E-state index contributed by atoms with van der Waals surface area (Å²) in [5.41, 5.74) is 0.282. The molecule has 2 heterocycles. The van der Waals surface area contributed by atoms with Gasteiger partial charge in [-0.2, -0.15) is 0 Å².